The van der Waals surface area contributed by atoms with Gasteiger partial charge in [0.2, 0.25) is 0 Å². The molecule has 0 bridgehead atoms. The van der Waals surface area contributed by atoms with Crippen LogP contribution in [-0.2, 0) is 13.0 Å². The predicted octanol–water partition coefficient (Wildman–Crippen LogP) is 2.63. The number of nitrogens with zero attached hydrogens (tertiary/aromatic N) is 5. The number of likely N-dealkylation sites (tertiary alicyclic amines) is 1. The van der Waals surface area contributed by atoms with Gasteiger partial charge < -0.3 is 20.1 Å². The van der Waals surface area contributed by atoms with E-state index in [2.05, 4.69) is 62.3 Å². The van der Waals surface area contributed by atoms with Gasteiger partial charge in [-0.25, -0.2) is 0 Å². The van der Waals surface area contributed by atoms with Gasteiger partial charge in [-0.1, -0.05) is 32.5 Å². The van der Waals surface area contributed by atoms with Gasteiger partial charge in [0.05, 0.1) is 0 Å². The number of nitrogens with one attached hydrogen (secondary N) is 2. The Bertz CT molecular complexity index is 591. The van der Waals surface area contributed by atoms with Crippen LogP contribution < -0.4 is 10.6 Å². The van der Waals surface area contributed by atoms with Crippen molar-refractivity contribution in [3.63, 3.8) is 0 Å². The largest absolute Gasteiger partial charge is 0.356 e. The number of hydrogen-bond acceptors (Lipinski definition) is 5. The summed E-state index contributed by atoms with van der Waals surface area (Å²) < 4.78 is 2.27. The molecule has 0 aromatic carbocycles. The molecule has 0 saturated carbocycles. The van der Waals surface area contributed by atoms with Gasteiger partial charge in [0.15, 0.2) is 11.1 Å². The fourth-order valence-electron chi connectivity index (χ4n) is 3.66. The van der Waals surface area contributed by atoms with Gasteiger partial charge >= 0.3 is 0 Å². The molecule has 1 saturated heterocycles. The van der Waals surface area contributed by atoms with Crippen molar-refractivity contribution in [2.24, 2.45) is 10.9 Å². The van der Waals surface area contributed by atoms with Gasteiger partial charge in [-0.2, -0.15) is 0 Å². The van der Waals surface area contributed by atoms with E-state index in [1.165, 1.54) is 38.9 Å². The van der Waals surface area contributed by atoms with Gasteiger partial charge in [-0.3, -0.25) is 4.99 Å². The quantitative estimate of drug-likeness (QED) is 0.268. The van der Waals surface area contributed by atoms with Crippen molar-refractivity contribution in [3.8, 4) is 0 Å². The van der Waals surface area contributed by atoms with Crippen LogP contribution in [0.25, 0.3) is 0 Å². The number of aliphatic imine (C=N–C) groups is 1. The summed E-state index contributed by atoms with van der Waals surface area (Å²) in [4.78, 5) is 6.96. The van der Waals surface area contributed by atoms with Crippen LogP contribution in [0.3, 0.4) is 0 Å². The summed E-state index contributed by atoms with van der Waals surface area (Å²) in [7, 11) is 1.85. The monoisotopic (exact) mass is 409 g/mol. The molecular formula is C20H39N7S. The average Bonchev–Trinajstić information content (AvgIpc) is 3.06. The van der Waals surface area contributed by atoms with Gasteiger partial charge in [0, 0.05) is 45.7 Å². The van der Waals surface area contributed by atoms with Crippen LogP contribution in [-0.4, -0.2) is 71.1 Å². The molecule has 1 aromatic heterocycles. The van der Waals surface area contributed by atoms with E-state index in [-0.39, 0.29) is 0 Å². The summed E-state index contributed by atoms with van der Waals surface area (Å²) >= 11 is 1.67. The normalized spacial score (nSPS) is 16.7. The molecule has 1 aliphatic heterocycles. The van der Waals surface area contributed by atoms with Crippen molar-refractivity contribution in [1.82, 2.24) is 30.3 Å². The Labute approximate surface area is 175 Å². The first-order valence-corrected chi connectivity index (χ1v) is 11.9. The molecular weight excluding hydrogens is 370 g/mol. The molecule has 160 valence electrons. The minimum absolute atomic E-state index is 0.526. The highest BCUT2D eigenvalue weighted by molar-refractivity contribution is 7.98. The maximum Gasteiger partial charge on any atom is 0.191 e. The molecule has 0 atom stereocenters. The standard InChI is InChI=1S/C20H39N7S/c1-6-12-26-13-9-17(10-14-26)23-19(21-4)22-11-7-8-18-24-25-20(28-5)27(18)15-16(2)3/h16-17H,6-15H2,1-5H3,(H2,21,22,23). The van der Waals surface area contributed by atoms with E-state index in [0.29, 0.717) is 12.0 Å². The zero-order valence-electron chi connectivity index (χ0n) is 18.4. The third kappa shape index (κ3) is 7.28. The van der Waals surface area contributed by atoms with Crippen LogP contribution in [0.4, 0.5) is 0 Å². The molecule has 7 nitrogen and oxygen atoms in total. The van der Waals surface area contributed by atoms with E-state index in [4.69, 9.17) is 0 Å². The van der Waals surface area contributed by atoms with Crippen molar-refractivity contribution < 1.29 is 0 Å². The first-order chi connectivity index (χ1) is 13.6. The SMILES string of the molecule is CCCN1CCC(NC(=NC)NCCCc2nnc(SC)n2CC(C)C)CC1. The van der Waals surface area contributed by atoms with E-state index in [0.717, 1.165) is 42.9 Å². The van der Waals surface area contributed by atoms with E-state index in [9.17, 15) is 0 Å². The number of piperidine rings is 1. The summed E-state index contributed by atoms with van der Waals surface area (Å²) in [6.07, 6.45) is 7.63. The summed E-state index contributed by atoms with van der Waals surface area (Å²) in [6, 6.07) is 0.526. The Morgan fingerprint density at radius 1 is 1.29 bits per heavy atom. The van der Waals surface area contributed by atoms with Gasteiger partial charge in [0.25, 0.3) is 0 Å². The fourth-order valence-corrected chi connectivity index (χ4v) is 4.18. The van der Waals surface area contributed by atoms with Crippen molar-refractivity contribution in [2.75, 3.05) is 39.5 Å². The lowest BCUT2D eigenvalue weighted by atomic mass is 10.1. The Morgan fingerprint density at radius 3 is 2.64 bits per heavy atom. The molecule has 0 unspecified atom stereocenters. The molecule has 8 heteroatoms. The van der Waals surface area contributed by atoms with Crippen LogP contribution in [0.5, 0.6) is 0 Å². The lowest BCUT2D eigenvalue weighted by molar-refractivity contribution is 0.206. The number of guanidine groups is 1. The van der Waals surface area contributed by atoms with Gasteiger partial charge in [0.1, 0.15) is 5.82 Å². The van der Waals surface area contributed by atoms with Crippen molar-refractivity contribution in [3.05, 3.63) is 5.82 Å². The summed E-state index contributed by atoms with van der Waals surface area (Å²) in [5.41, 5.74) is 0. The molecule has 0 radical (unpaired) electrons. The lowest BCUT2D eigenvalue weighted by Crippen LogP contribution is -2.48. The minimum atomic E-state index is 0.526. The topological polar surface area (TPSA) is 70.4 Å². The number of aryl methyl sites for hydroxylation is 1. The maximum absolute atomic E-state index is 4.41. The third-order valence-corrected chi connectivity index (χ3v) is 5.75. The van der Waals surface area contributed by atoms with Crippen LogP contribution in [0.15, 0.2) is 10.1 Å². The highest BCUT2D eigenvalue weighted by Crippen LogP contribution is 2.16. The Balaban J connectivity index is 1.73. The zero-order chi connectivity index (χ0) is 20.4. The van der Waals surface area contributed by atoms with E-state index in [1.54, 1.807) is 11.8 Å². The third-order valence-electron chi connectivity index (χ3n) is 5.09. The molecule has 1 fully saturated rings. The maximum atomic E-state index is 4.41. The van der Waals surface area contributed by atoms with Crippen LogP contribution in [0.1, 0.15) is 52.3 Å². The van der Waals surface area contributed by atoms with Gasteiger partial charge in [-0.15, -0.1) is 10.2 Å². The van der Waals surface area contributed by atoms with E-state index in [1.807, 2.05) is 7.05 Å². The molecule has 2 rings (SSSR count). The molecule has 1 aromatic rings. The second kappa shape index (κ2) is 12.3. The second-order valence-corrected chi connectivity index (χ2v) is 8.74. The molecule has 0 amide bonds. The fraction of sp³-hybridized carbons (Fsp3) is 0.850. The number of aromatic nitrogens is 3. The summed E-state index contributed by atoms with van der Waals surface area (Å²) in [5, 5.41) is 16.8. The molecule has 0 aliphatic carbocycles. The highest BCUT2D eigenvalue weighted by atomic mass is 32.2. The predicted molar refractivity (Wildman–Crippen MR) is 119 cm³/mol. The van der Waals surface area contributed by atoms with Crippen LogP contribution in [0, 0.1) is 5.92 Å². The molecule has 1 aliphatic rings. The van der Waals surface area contributed by atoms with E-state index >= 15 is 0 Å². The lowest BCUT2D eigenvalue weighted by Gasteiger charge is -2.32. The second-order valence-electron chi connectivity index (χ2n) is 7.97. The number of thioether (sulfide) groups is 1. The van der Waals surface area contributed by atoms with Crippen molar-refractivity contribution in [2.45, 2.75) is 70.6 Å². The summed E-state index contributed by atoms with van der Waals surface area (Å²) in [6.45, 7) is 12.2. The van der Waals surface area contributed by atoms with Crippen LogP contribution >= 0.6 is 11.8 Å². The average molecular weight is 410 g/mol. The molecule has 2 N–H and O–H groups in total. The first kappa shape index (κ1) is 23.0. The van der Waals surface area contributed by atoms with Crippen molar-refractivity contribution in [1.29, 1.82) is 0 Å². The first-order valence-electron chi connectivity index (χ1n) is 10.7. The van der Waals surface area contributed by atoms with Gasteiger partial charge in [-0.05, 0) is 44.4 Å². The Kier molecular flexibility index (Phi) is 10.1. The smallest absolute Gasteiger partial charge is 0.191 e. The number of hydrogen-bond donors (Lipinski definition) is 2. The molecule has 28 heavy (non-hydrogen) atoms. The van der Waals surface area contributed by atoms with Crippen molar-refractivity contribution >= 4 is 17.7 Å². The molecule has 0 spiro atoms. The number of rotatable bonds is 10. The summed E-state index contributed by atoms with van der Waals surface area (Å²) in [5.74, 6) is 2.60. The molecule has 2 heterocycles. The Morgan fingerprint density at radius 2 is 2.04 bits per heavy atom. The van der Waals surface area contributed by atoms with E-state index < -0.39 is 0 Å². The Hall–Kier alpha value is -1.28. The van der Waals surface area contributed by atoms with Crippen LogP contribution in [0.2, 0.25) is 0 Å². The highest BCUT2D eigenvalue weighted by Gasteiger charge is 2.19. The minimum Gasteiger partial charge on any atom is -0.356 e. The zero-order valence-corrected chi connectivity index (χ0v) is 19.2.